The Morgan fingerprint density at radius 3 is 2.52 bits per heavy atom. The molecule has 0 saturated heterocycles. The summed E-state index contributed by atoms with van der Waals surface area (Å²) in [6.07, 6.45) is 9.11. The van der Waals surface area contributed by atoms with Crippen molar-refractivity contribution in [1.29, 1.82) is 0 Å². The number of allylic oxidation sites excluding steroid dienone is 1. The highest BCUT2D eigenvalue weighted by Gasteiger charge is 2.60. The zero-order valence-electron chi connectivity index (χ0n) is 14.4. The van der Waals surface area contributed by atoms with Crippen LogP contribution in [-0.4, -0.2) is 22.1 Å². The molecule has 0 spiro atoms. The third-order valence-electron chi connectivity index (χ3n) is 8.53. The quantitative estimate of drug-likeness (QED) is 0.524. The molecule has 0 heterocycles. The number of carbonyl (C=O) groups excluding carboxylic acids is 1. The first-order valence-corrected chi connectivity index (χ1v) is 9.44. The molecule has 0 aromatic rings. The highest BCUT2D eigenvalue weighted by Crippen LogP contribution is 2.66. The summed E-state index contributed by atoms with van der Waals surface area (Å²) in [5.41, 5.74) is 0.911. The fourth-order valence-electron chi connectivity index (χ4n) is 7.10. The minimum Gasteiger partial charge on any atom is -0.515 e. The standard InChI is InChI=1S/C20H30O3/c1-19-8-7-16-14(15(19)5-6-18(19)23)4-3-13-9-17(22)12(11-21)10-20(13,16)2/h11,13-16,18,21,23H,3-10H2,1-2H3/b12-11-/t13?,14-,15-,16-,18?,19-,20-/m0/s1. The second kappa shape index (κ2) is 5.08. The first kappa shape index (κ1) is 15.7. The van der Waals surface area contributed by atoms with Gasteiger partial charge in [0, 0.05) is 12.0 Å². The lowest BCUT2D eigenvalue weighted by atomic mass is 9.45. The van der Waals surface area contributed by atoms with E-state index in [1.807, 2.05) is 0 Å². The second-order valence-corrected chi connectivity index (χ2v) is 9.25. The Kier molecular flexibility index (Phi) is 3.46. The molecule has 7 atom stereocenters. The molecule has 128 valence electrons. The van der Waals surface area contributed by atoms with Crippen LogP contribution < -0.4 is 0 Å². The van der Waals surface area contributed by atoms with Crippen LogP contribution in [0.5, 0.6) is 0 Å². The first-order chi connectivity index (χ1) is 10.9. The number of hydrogen-bond acceptors (Lipinski definition) is 3. The number of ketones is 1. The van der Waals surface area contributed by atoms with Gasteiger partial charge in [0.15, 0.2) is 5.78 Å². The van der Waals surface area contributed by atoms with Gasteiger partial charge in [-0.1, -0.05) is 13.8 Å². The van der Waals surface area contributed by atoms with Crippen LogP contribution in [0.4, 0.5) is 0 Å². The Balaban J connectivity index is 1.66. The Bertz CT molecular complexity index is 553. The summed E-state index contributed by atoms with van der Waals surface area (Å²) in [5, 5.41) is 20.0. The van der Waals surface area contributed by atoms with Crippen LogP contribution >= 0.6 is 0 Å². The fraction of sp³-hybridized carbons (Fsp3) is 0.850. The second-order valence-electron chi connectivity index (χ2n) is 9.25. The van der Waals surface area contributed by atoms with Gasteiger partial charge >= 0.3 is 0 Å². The molecule has 0 aliphatic heterocycles. The van der Waals surface area contributed by atoms with Crippen molar-refractivity contribution in [3.05, 3.63) is 11.8 Å². The summed E-state index contributed by atoms with van der Waals surface area (Å²) in [7, 11) is 0. The first-order valence-electron chi connectivity index (χ1n) is 9.44. The van der Waals surface area contributed by atoms with Crippen molar-refractivity contribution in [2.24, 2.45) is 34.5 Å². The van der Waals surface area contributed by atoms with Gasteiger partial charge in [0.2, 0.25) is 0 Å². The number of aliphatic hydroxyl groups is 2. The Morgan fingerprint density at radius 1 is 1.04 bits per heavy atom. The lowest BCUT2D eigenvalue weighted by molar-refractivity contribution is -0.135. The molecule has 0 aromatic carbocycles. The van der Waals surface area contributed by atoms with E-state index in [0.717, 1.165) is 31.9 Å². The van der Waals surface area contributed by atoms with E-state index in [4.69, 9.17) is 0 Å². The molecule has 0 bridgehead atoms. The third kappa shape index (κ3) is 2.01. The van der Waals surface area contributed by atoms with Crippen LogP contribution in [0.2, 0.25) is 0 Å². The minimum absolute atomic E-state index is 0.116. The van der Waals surface area contributed by atoms with Crippen LogP contribution in [0.1, 0.15) is 65.2 Å². The van der Waals surface area contributed by atoms with Gasteiger partial charge in [0.1, 0.15) is 0 Å². The predicted molar refractivity (Wildman–Crippen MR) is 88.8 cm³/mol. The predicted octanol–water partition coefficient (Wildman–Crippen LogP) is 4.01. The van der Waals surface area contributed by atoms with Crippen LogP contribution in [0.15, 0.2) is 11.8 Å². The van der Waals surface area contributed by atoms with E-state index in [-0.39, 0.29) is 22.7 Å². The highest BCUT2D eigenvalue weighted by atomic mass is 16.3. The Morgan fingerprint density at radius 2 is 1.78 bits per heavy atom. The molecule has 3 heteroatoms. The van der Waals surface area contributed by atoms with Crippen molar-refractivity contribution in [3.8, 4) is 0 Å². The molecule has 2 N–H and O–H groups in total. The number of carbonyl (C=O) groups is 1. The molecule has 23 heavy (non-hydrogen) atoms. The van der Waals surface area contributed by atoms with Gasteiger partial charge in [-0.25, -0.2) is 0 Å². The van der Waals surface area contributed by atoms with Gasteiger partial charge < -0.3 is 10.2 Å². The maximum absolute atomic E-state index is 12.2. The lowest BCUT2D eigenvalue weighted by Gasteiger charge is -2.60. The monoisotopic (exact) mass is 318 g/mol. The van der Waals surface area contributed by atoms with E-state index in [1.165, 1.54) is 19.3 Å². The number of Topliss-reactive ketones (excluding diaryl/α,β-unsaturated/α-hetero) is 1. The Labute approximate surface area is 139 Å². The highest BCUT2D eigenvalue weighted by molar-refractivity contribution is 5.96. The lowest BCUT2D eigenvalue weighted by Crippen LogP contribution is -2.54. The molecular formula is C20H30O3. The maximum atomic E-state index is 12.2. The summed E-state index contributed by atoms with van der Waals surface area (Å²) in [6.45, 7) is 4.68. The van der Waals surface area contributed by atoms with Crippen molar-refractivity contribution < 1.29 is 15.0 Å². The summed E-state index contributed by atoms with van der Waals surface area (Å²) in [5.74, 6) is 2.63. The molecule has 3 nitrogen and oxygen atoms in total. The fourth-order valence-corrected chi connectivity index (χ4v) is 7.10. The van der Waals surface area contributed by atoms with Crippen LogP contribution in [-0.2, 0) is 4.79 Å². The summed E-state index contributed by atoms with van der Waals surface area (Å²) in [4.78, 5) is 12.2. The van der Waals surface area contributed by atoms with Gasteiger partial charge in [-0.05, 0) is 79.4 Å². The van der Waals surface area contributed by atoms with E-state index < -0.39 is 0 Å². The molecule has 4 fully saturated rings. The molecule has 2 unspecified atom stereocenters. The maximum Gasteiger partial charge on any atom is 0.162 e. The van der Waals surface area contributed by atoms with E-state index >= 15 is 0 Å². The zero-order valence-corrected chi connectivity index (χ0v) is 14.4. The molecule has 0 aromatic heterocycles. The molecule has 4 rings (SSSR count). The van der Waals surface area contributed by atoms with E-state index in [0.29, 0.717) is 35.7 Å². The molecule has 4 aliphatic carbocycles. The number of rotatable bonds is 0. The van der Waals surface area contributed by atoms with Crippen LogP contribution in [0, 0.1) is 34.5 Å². The summed E-state index contributed by atoms with van der Waals surface area (Å²) in [6, 6.07) is 0. The van der Waals surface area contributed by atoms with Gasteiger partial charge in [0.05, 0.1) is 12.4 Å². The minimum atomic E-state index is -0.125. The van der Waals surface area contributed by atoms with E-state index in [9.17, 15) is 15.0 Å². The molecule has 4 saturated carbocycles. The Hall–Kier alpha value is -0.830. The molecule has 0 amide bonds. The average molecular weight is 318 g/mol. The van der Waals surface area contributed by atoms with Crippen molar-refractivity contribution in [3.63, 3.8) is 0 Å². The SMILES string of the molecule is C[C@]12C/C(=C/O)C(=O)CC1CC[C@@H]1[C@@H]2CC[C@]2(C)C(O)CC[C@@H]12. The molecular weight excluding hydrogens is 288 g/mol. The van der Waals surface area contributed by atoms with Crippen molar-refractivity contribution in [2.75, 3.05) is 0 Å². The van der Waals surface area contributed by atoms with Gasteiger partial charge in [0.25, 0.3) is 0 Å². The normalized spacial score (nSPS) is 54.5. The van der Waals surface area contributed by atoms with Crippen LogP contribution in [0.25, 0.3) is 0 Å². The van der Waals surface area contributed by atoms with Crippen molar-refractivity contribution in [1.82, 2.24) is 0 Å². The zero-order chi connectivity index (χ0) is 16.4. The third-order valence-corrected chi connectivity index (χ3v) is 8.53. The number of fused-ring (bicyclic) bond motifs is 5. The van der Waals surface area contributed by atoms with Crippen LogP contribution in [0.3, 0.4) is 0 Å². The van der Waals surface area contributed by atoms with Crippen molar-refractivity contribution >= 4 is 5.78 Å². The topological polar surface area (TPSA) is 57.5 Å². The summed E-state index contributed by atoms with van der Waals surface area (Å²) >= 11 is 0. The van der Waals surface area contributed by atoms with E-state index in [1.54, 1.807) is 0 Å². The largest absolute Gasteiger partial charge is 0.515 e. The van der Waals surface area contributed by atoms with Crippen molar-refractivity contribution in [2.45, 2.75) is 71.3 Å². The van der Waals surface area contributed by atoms with E-state index in [2.05, 4.69) is 13.8 Å². The van der Waals surface area contributed by atoms with Gasteiger partial charge in [-0.3, -0.25) is 4.79 Å². The smallest absolute Gasteiger partial charge is 0.162 e. The number of hydrogen-bond donors (Lipinski definition) is 2. The molecule has 0 radical (unpaired) electrons. The number of aliphatic hydroxyl groups excluding tert-OH is 2. The van der Waals surface area contributed by atoms with Gasteiger partial charge in [-0.15, -0.1) is 0 Å². The van der Waals surface area contributed by atoms with Gasteiger partial charge in [-0.2, -0.15) is 0 Å². The molecule has 4 aliphatic rings. The average Bonchev–Trinajstić information content (AvgIpc) is 2.83. The summed E-state index contributed by atoms with van der Waals surface area (Å²) < 4.78 is 0.